The van der Waals surface area contributed by atoms with Gasteiger partial charge in [-0.1, -0.05) is 0 Å². The molecule has 0 heterocycles. The summed E-state index contributed by atoms with van der Waals surface area (Å²) in [6.45, 7) is 0.239. The number of thioether (sulfide) groups is 1. The van der Waals surface area contributed by atoms with Crippen molar-refractivity contribution in [3.63, 3.8) is 0 Å². The number of aliphatic carboxylic acids is 1. The van der Waals surface area contributed by atoms with Crippen molar-refractivity contribution in [1.82, 2.24) is 5.32 Å². The van der Waals surface area contributed by atoms with E-state index < -0.39 is 27.7 Å². The second kappa shape index (κ2) is 7.99. The summed E-state index contributed by atoms with van der Waals surface area (Å²) in [7, 11) is -3.66. The maximum atomic E-state index is 13.5. The van der Waals surface area contributed by atoms with Gasteiger partial charge >= 0.3 is 5.97 Å². The average Bonchev–Trinajstić information content (AvgIpc) is 2.38. The van der Waals surface area contributed by atoms with E-state index in [0.29, 0.717) is 5.75 Å². The smallest absolute Gasteiger partial charge is 0.313 e. The van der Waals surface area contributed by atoms with Crippen LogP contribution in [-0.2, 0) is 14.8 Å². The Labute approximate surface area is 131 Å². The summed E-state index contributed by atoms with van der Waals surface area (Å²) in [5.74, 6) is -1.89. The molecule has 0 aromatic heterocycles. The number of rotatable bonds is 8. The summed E-state index contributed by atoms with van der Waals surface area (Å²) in [5, 5.41) is 11.0. The zero-order chi connectivity index (χ0) is 16.8. The standard InChI is InChI=1S/C12H15FN2O5S2/c1-22(19,20)15-10-6-8(2-3-9(10)13)12(18)14-4-5-21-7-11(16)17/h2-3,6,15H,4-5,7H2,1H3,(H,14,18)(H,16,17). The number of carbonyl (C=O) groups is 2. The Balaban J connectivity index is 2.62. The molecule has 1 amide bonds. The number of carboxylic acid groups (broad SMARTS) is 1. The van der Waals surface area contributed by atoms with Crippen LogP contribution in [0.5, 0.6) is 0 Å². The van der Waals surface area contributed by atoms with Crippen molar-refractivity contribution in [3.8, 4) is 0 Å². The van der Waals surface area contributed by atoms with Gasteiger partial charge in [-0.3, -0.25) is 14.3 Å². The van der Waals surface area contributed by atoms with Crippen molar-refractivity contribution in [1.29, 1.82) is 0 Å². The lowest BCUT2D eigenvalue weighted by molar-refractivity contribution is -0.133. The third kappa shape index (κ3) is 6.76. The number of sulfonamides is 1. The highest BCUT2D eigenvalue weighted by Gasteiger charge is 2.12. The van der Waals surface area contributed by atoms with Gasteiger partial charge in [-0.25, -0.2) is 12.8 Å². The van der Waals surface area contributed by atoms with E-state index in [1.54, 1.807) is 0 Å². The zero-order valence-corrected chi connectivity index (χ0v) is 13.3. The van der Waals surface area contributed by atoms with Crippen LogP contribution in [0, 0.1) is 5.82 Å². The highest BCUT2D eigenvalue weighted by molar-refractivity contribution is 7.99. The SMILES string of the molecule is CS(=O)(=O)Nc1cc(C(=O)NCCSCC(=O)O)ccc1F. The first-order valence-electron chi connectivity index (χ1n) is 6.04. The minimum atomic E-state index is -3.66. The number of nitrogens with one attached hydrogen (secondary N) is 2. The molecular formula is C12H15FN2O5S2. The van der Waals surface area contributed by atoms with E-state index in [1.807, 2.05) is 4.72 Å². The van der Waals surface area contributed by atoms with Crippen LogP contribution < -0.4 is 10.0 Å². The van der Waals surface area contributed by atoms with Gasteiger partial charge in [0, 0.05) is 17.9 Å². The van der Waals surface area contributed by atoms with Gasteiger partial charge in [0.15, 0.2) is 0 Å². The number of hydrogen-bond donors (Lipinski definition) is 3. The zero-order valence-electron chi connectivity index (χ0n) is 11.6. The average molecular weight is 350 g/mol. The molecule has 22 heavy (non-hydrogen) atoms. The maximum Gasteiger partial charge on any atom is 0.313 e. The molecule has 0 radical (unpaired) electrons. The lowest BCUT2D eigenvalue weighted by Crippen LogP contribution is -2.26. The molecule has 0 aliphatic carbocycles. The molecule has 3 N–H and O–H groups in total. The Bertz CT molecular complexity index is 663. The molecule has 0 aliphatic heterocycles. The highest BCUT2D eigenvalue weighted by atomic mass is 32.2. The number of carbonyl (C=O) groups excluding carboxylic acids is 1. The molecule has 7 nitrogen and oxygen atoms in total. The lowest BCUT2D eigenvalue weighted by Gasteiger charge is -2.08. The molecule has 0 saturated carbocycles. The normalized spacial score (nSPS) is 11.0. The molecule has 0 aliphatic rings. The van der Waals surface area contributed by atoms with Crippen molar-refractivity contribution in [2.45, 2.75) is 0 Å². The van der Waals surface area contributed by atoms with Crippen molar-refractivity contribution < 1.29 is 27.5 Å². The monoisotopic (exact) mass is 350 g/mol. The number of anilines is 1. The first-order valence-corrected chi connectivity index (χ1v) is 9.09. The van der Waals surface area contributed by atoms with E-state index in [4.69, 9.17) is 5.11 Å². The Morgan fingerprint density at radius 1 is 1.36 bits per heavy atom. The summed E-state index contributed by atoms with van der Waals surface area (Å²) in [6.07, 6.45) is 0.874. The van der Waals surface area contributed by atoms with Crippen LogP contribution in [-0.4, -0.2) is 49.7 Å². The van der Waals surface area contributed by atoms with Crippen LogP contribution in [0.2, 0.25) is 0 Å². The fourth-order valence-corrected chi connectivity index (χ4v) is 2.56. The predicted octanol–water partition coefficient (Wildman–Crippen LogP) is 0.745. The predicted molar refractivity (Wildman–Crippen MR) is 82.2 cm³/mol. The molecule has 0 unspecified atom stereocenters. The molecule has 10 heteroatoms. The molecule has 0 saturated heterocycles. The fourth-order valence-electron chi connectivity index (χ4n) is 1.44. The molecule has 0 atom stereocenters. The van der Waals surface area contributed by atoms with E-state index in [9.17, 15) is 22.4 Å². The Morgan fingerprint density at radius 2 is 2.05 bits per heavy atom. The molecule has 0 fully saturated rings. The lowest BCUT2D eigenvalue weighted by atomic mass is 10.2. The number of amides is 1. The second-order valence-electron chi connectivity index (χ2n) is 4.27. The van der Waals surface area contributed by atoms with Gasteiger partial charge in [-0.05, 0) is 18.2 Å². The van der Waals surface area contributed by atoms with Crippen molar-refractivity contribution in [3.05, 3.63) is 29.6 Å². The van der Waals surface area contributed by atoms with Crippen molar-refractivity contribution in [2.75, 3.05) is 29.0 Å². The van der Waals surface area contributed by atoms with Gasteiger partial charge in [0.05, 0.1) is 17.7 Å². The van der Waals surface area contributed by atoms with Gasteiger partial charge in [0.1, 0.15) is 5.82 Å². The number of carboxylic acids is 1. The third-order valence-corrected chi connectivity index (χ3v) is 3.82. The van der Waals surface area contributed by atoms with Crippen LogP contribution in [0.1, 0.15) is 10.4 Å². The first-order chi connectivity index (χ1) is 10.2. The summed E-state index contributed by atoms with van der Waals surface area (Å²) in [5.41, 5.74) is -0.216. The first kappa shape index (κ1) is 18.2. The van der Waals surface area contributed by atoms with Crippen molar-refractivity contribution in [2.24, 2.45) is 0 Å². The second-order valence-corrected chi connectivity index (χ2v) is 7.12. The van der Waals surface area contributed by atoms with Crippen LogP contribution in [0.15, 0.2) is 18.2 Å². The summed E-state index contributed by atoms with van der Waals surface area (Å²) >= 11 is 1.15. The van der Waals surface area contributed by atoms with E-state index >= 15 is 0 Å². The van der Waals surface area contributed by atoms with Crippen molar-refractivity contribution >= 4 is 39.3 Å². The Hall–Kier alpha value is -1.81. The molecule has 122 valence electrons. The minimum Gasteiger partial charge on any atom is -0.481 e. The largest absolute Gasteiger partial charge is 0.481 e. The molecule has 1 aromatic carbocycles. The van der Waals surface area contributed by atoms with Crippen LogP contribution in [0.4, 0.5) is 10.1 Å². The Kier molecular flexibility index (Phi) is 6.62. The van der Waals surface area contributed by atoms with Crippen LogP contribution in [0.3, 0.4) is 0 Å². The molecular weight excluding hydrogens is 335 g/mol. The molecule has 0 spiro atoms. The van der Waals surface area contributed by atoms with E-state index in [1.165, 1.54) is 6.07 Å². The van der Waals surface area contributed by atoms with Gasteiger partial charge in [0.25, 0.3) is 5.91 Å². The number of halogens is 1. The van der Waals surface area contributed by atoms with Gasteiger partial charge in [-0.2, -0.15) is 0 Å². The third-order valence-electron chi connectivity index (χ3n) is 2.28. The van der Waals surface area contributed by atoms with E-state index in [0.717, 1.165) is 30.2 Å². The fraction of sp³-hybridized carbons (Fsp3) is 0.333. The van der Waals surface area contributed by atoms with E-state index in [2.05, 4.69) is 5.32 Å². The summed E-state index contributed by atoms with van der Waals surface area (Å²) < 4.78 is 37.7. The summed E-state index contributed by atoms with van der Waals surface area (Å²) in [6, 6.07) is 3.31. The highest BCUT2D eigenvalue weighted by Crippen LogP contribution is 2.17. The molecule has 1 aromatic rings. The van der Waals surface area contributed by atoms with Gasteiger partial charge < -0.3 is 10.4 Å². The molecule has 0 bridgehead atoms. The van der Waals surface area contributed by atoms with Gasteiger partial charge in [-0.15, -0.1) is 11.8 Å². The Morgan fingerprint density at radius 3 is 2.64 bits per heavy atom. The number of benzene rings is 1. The topological polar surface area (TPSA) is 113 Å². The number of hydrogen-bond acceptors (Lipinski definition) is 5. The van der Waals surface area contributed by atoms with Crippen LogP contribution in [0.25, 0.3) is 0 Å². The van der Waals surface area contributed by atoms with Crippen LogP contribution >= 0.6 is 11.8 Å². The maximum absolute atomic E-state index is 13.5. The molecule has 1 rings (SSSR count). The minimum absolute atomic E-state index is 0.0607. The van der Waals surface area contributed by atoms with Gasteiger partial charge in [0.2, 0.25) is 10.0 Å². The summed E-state index contributed by atoms with van der Waals surface area (Å²) in [4.78, 5) is 22.1. The quantitative estimate of drug-likeness (QED) is 0.596. The van der Waals surface area contributed by atoms with E-state index in [-0.39, 0.29) is 23.5 Å².